The molecular formula is C14H20ClN3O. The lowest BCUT2D eigenvalue weighted by atomic mass is 10.2. The summed E-state index contributed by atoms with van der Waals surface area (Å²) in [5.74, 6) is 0.720. The van der Waals surface area contributed by atoms with Gasteiger partial charge in [-0.3, -0.25) is 9.69 Å². The van der Waals surface area contributed by atoms with Gasteiger partial charge >= 0.3 is 0 Å². The fraction of sp³-hybridized carbons (Fsp3) is 0.500. The molecule has 104 valence electrons. The second-order valence-corrected chi connectivity index (χ2v) is 5.72. The highest BCUT2D eigenvalue weighted by molar-refractivity contribution is 6.31. The van der Waals surface area contributed by atoms with E-state index in [-0.39, 0.29) is 11.9 Å². The summed E-state index contributed by atoms with van der Waals surface area (Å²) in [7, 11) is 1.98. The largest absolute Gasteiger partial charge is 0.397 e. The van der Waals surface area contributed by atoms with Crippen LogP contribution < -0.4 is 11.1 Å². The van der Waals surface area contributed by atoms with E-state index in [2.05, 4.69) is 10.2 Å². The van der Waals surface area contributed by atoms with Crippen LogP contribution in [0.4, 0.5) is 11.4 Å². The van der Waals surface area contributed by atoms with Crippen LogP contribution in [0.5, 0.6) is 0 Å². The first-order valence-electron chi connectivity index (χ1n) is 6.53. The van der Waals surface area contributed by atoms with Crippen LogP contribution in [0.15, 0.2) is 18.2 Å². The number of hydrogen-bond donors (Lipinski definition) is 2. The molecule has 1 amide bonds. The van der Waals surface area contributed by atoms with Crippen LogP contribution in [-0.2, 0) is 4.79 Å². The molecule has 0 aliphatic heterocycles. The minimum atomic E-state index is -0.171. The predicted molar refractivity (Wildman–Crippen MR) is 79.3 cm³/mol. The molecule has 0 saturated heterocycles. The van der Waals surface area contributed by atoms with Crippen molar-refractivity contribution in [3.8, 4) is 0 Å². The van der Waals surface area contributed by atoms with E-state index in [1.54, 1.807) is 18.2 Å². The van der Waals surface area contributed by atoms with Crippen LogP contribution in [0.25, 0.3) is 0 Å². The van der Waals surface area contributed by atoms with Gasteiger partial charge in [-0.2, -0.15) is 0 Å². The molecule has 0 heterocycles. The Balaban J connectivity index is 1.95. The van der Waals surface area contributed by atoms with Crippen molar-refractivity contribution in [1.82, 2.24) is 4.90 Å². The lowest BCUT2D eigenvalue weighted by Crippen LogP contribution is -2.40. The zero-order valence-corrected chi connectivity index (χ0v) is 12.1. The van der Waals surface area contributed by atoms with Gasteiger partial charge in [0.1, 0.15) is 0 Å². The summed E-state index contributed by atoms with van der Waals surface area (Å²) in [6.45, 7) is 2.88. The van der Waals surface area contributed by atoms with Crippen molar-refractivity contribution in [3.63, 3.8) is 0 Å². The Hall–Kier alpha value is -1.26. The summed E-state index contributed by atoms with van der Waals surface area (Å²) < 4.78 is 0. The van der Waals surface area contributed by atoms with Gasteiger partial charge in [0.05, 0.1) is 17.4 Å². The van der Waals surface area contributed by atoms with Crippen LogP contribution in [0.2, 0.25) is 5.02 Å². The lowest BCUT2D eigenvalue weighted by molar-refractivity contribution is -0.120. The van der Waals surface area contributed by atoms with Crippen LogP contribution in [0.1, 0.15) is 19.8 Å². The number of carbonyl (C=O) groups excluding carboxylic acids is 1. The van der Waals surface area contributed by atoms with E-state index in [0.29, 0.717) is 16.4 Å². The van der Waals surface area contributed by atoms with E-state index in [1.165, 1.54) is 12.8 Å². The monoisotopic (exact) mass is 281 g/mol. The molecule has 1 saturated carbocycles. The van der Waals surface area contributed by atoms with Gasteiger partial charge in [-0.15, -0.1) is 0 Å². The van der Waals surface area contributed by atoms with Crippen LogP contribution >= 0.6 is 11.6 Å². The lowest BCUT2D eigenvalue weighted by Gasteiger charge is -2.24. The Morgan fingerprint density at radius 2 is 2.26 bits per heavy atom. The van der Waals surface area contributed by atoms with E-state index in [9.17, 15) is 4.79 Å². The van der Waals surface area contributed by atoms with Crippen molar-refractivity contribution < 1.29 is 4.79 Å². The number of carbonyl (C=O) groups is 1. The first kappa shape index (κ1) is 14.2. The molecule has 2 rings (SSSR count). The molecule has 0 radical (unpaired) electrons. The predicted octanol–water partition coefficient (Wildman–Crippen LogP) is 2.59. The molecule has 0 spiro atoms. The maximum absolute atomic E-state index is 12.2. The van der Waals surface area contributed by atoms with E-state index in [0.717, 1.165) is 12.5 Å². The fourth-order valence-corrected chi connectivity index (χ4v) is 2.13. The molecule has 0 aromatic heterocycles. The molecule has 1 aliphatic carbocycles. The topological polar surface area (TPSA) is 58.4 Å². The maximum atomic E-state index is 12.2. The molecule has 0 bridgehead atoms. The Morgan fingerprint density at radius 1 is 1.58 bits per heavy atom. The van der Waals surface area contributed by atoms with E-state index >= 15 is 0 Å². The van der Waals surface area contributed by atoms with Gasteiger partial charge in [0.25, 0.3) is 0 Å². The van der Waals surface area contributed by atoms with Crippen LogP contribution in [-0.4, -0.2) is 30.4 Å². The molecule has 1 atom stereocenters. The summed E-state index contributed by atoms with van der Waals surface area (Å²) in [6, 6.07) is 4.90. The number of anilines is 2. The number of nitrogens with zero attached hydrogens (tertiary/aromatic N) is 1. The second kappa shape index (κ2) is 5.80. The summed E-state index contributed by atoms with van der Waals surface area (Å²) in [4.78, 5) is 14.2. The number of halogens is 1. The zero-order valence-electron chi connectivity index (χ0n) is 11.3. The fourth-order valence-electron chi connectivity index (χ4n) is 1.95. The normalized spacial score (nSPS) is 16.4. The Kier molecular flexibility index (Phi) is 4.32. The Bertz CT molecular complexity index is 474. The third kappa shape index (κ3) is 3.85. The highest BCUT2D eigenvalue weighted by Gasteiger charge is 2.27. The molecule has 3 N–H and O–H groups in total. The number of likely N-dealkylation sites (N-methyl/N-ethyl adjacent to an activating group) is 1. The highest BCUT2D eigenvalue weighted by Crippen LogP contribution is 2.30. The van der Waals surface area contributed by atoms with Gasteiger partial charge < -0.3 is 11.1 Å². The molecule has 1 aromatic carbocycles. The summed E-state index contributed by atoms with van der Waals surface area (Å²) in [5.41, 5.74) is 6.92. The molecule has 1 aliphatic rings. The first-order chi connectivity index (χ1) is 8.97. The minimum Gasteiger partial charge on any atom is -0.397 e. The molecule has 4 nitrogen and oxygen atoms in total. The van der Waals surface area contributed by atoms with Crippen molar-refractivity contribution in [1.29, 1.82) is 0 Å². The minimum absolute atomic E-state index is 0.0443. The van der Waals surface area contributed by atoms with Gasteiger partial charge in [0.2, 0.25) is 5.91 Å². The van der Waals surface area contributed by atoms with Gasteiger partial charge in [-0.25, -0.2) is 0 Å². The number of rotatable bonds is 5. The molecule has 19 heavy (non-hydrogen) atoms. The number of benzene rings is 1. The van der Waals surface area contributed by atoms with Crippen LogP contribution in [0.3, 0.4) is 0 Å². The van der Waals surface area contributed by atoms with E-state index in [1.807, 2.05) is 14.0 Å². The third-order valence-electron chi connectivity index (χ3n) is 3.56. The molecular weight excluding hydrogens is 262 g/mol. The van der Waals surface area contributed by atoms with Gasteiger partial charge in [-0.1, -0.05) is 11.6 Å². The molecule has 1 fully saturated rings. The number of nitrogens with two attached hydrogens (primary N) is 1. The highest BCUT2D eigenvalue weighted by atomic mass is 35.5. The van der Waals surface area contributed by atoms with Crippen molar-refractivity contribution in [2.24, 2.45) is 5.92 Å². The van der Waals surface area contributed by atoms with Gasteiger partial charge in [0, 0.05) is 11.6 Å². The standard InChI is InChI=1S/C14H20ClN3O/c1-9(18(2)8-10-3-4-10)14(19)17-13-6-5-11(15)7-12(13)16/h5-7,9-10H,3-4,8,16H2,1-2H3,(H,17,19). The Morgan fingerprint density at radius 3 is 2.84 bits per heavy atom. The first-order valence-corrected chi connectivity index (χ1v) is 6.91. The number of hydrogen-bond acceptors (Lipinski definition) is 3. The zero-order chi connectivity index (χ0) is 14.0. The third-order valence-corrected chi connectivity index (χ3v) is 3.79. The van der Waals surface area contributed by atoms with Crippen LogP contribution in [0, 0.1) is 5.92 Å². The summed E-state index contributed by atoms with van der Waals surface area (Å²) in [5, 5.41) is 3.41. The van der Waals surface area contributed by atoms with Crippen molar-refractivity contribution in [3.05, 3.63) is 23.2 Å². The number of amides is 1. The maximum Gasteiger partial charge on any atom is 0.241 e. The van der Waals surface area contributed by atoms with Crippen molar-refractivity contribution in [2.45, 2.75) is 25.8 Å². The van der Waals surface area contributed by atoms with Gasteiger partial charge in [0.15, 0.2) is 0 Å². The number of nitrogens with one attached hydrogen (secondary N) is 1. The van der Waals surface area contributed by atoms with E-state index in [4.69, 9.17) is 17.3 Å². The average Bonchev–Trinajstić information content (AvgIpc) is 3.15. The van der Waals surface area contributed by atoms with E-state index < -0.39 is 0 Å². The average molecular weight is 282 g/mol. The molecule has 1 aromatic rings. The Labute approximate surface area is 118 Å². The quantitative estimate of drug-likeness (QED) is 0.816. The smallest absolute Gasteiger partial charge is 0.241 e. The van der Waals surface area contributed by atoms with Crippen molar-refractivity contribution >= 4 is 28.9 Å². The molecule has 5 heteroatoms. The summed E-state index contributed by atoms with van der Waals surface area (Å²) >= 11 is 5.83. The number of nitrogen functional groups attached to an aromatic ring is 1. The SMILES string of the molecule is CC(C(=O)Nc1ccc(Cl)cc1N)N(C)CC1CC1. The van der Waals surface area contributed by atoms with Gasteiger partial charge in [-0.05, 0) is 50.9 Å². The van der Waals surface area contributed by atoms with Crippen molar-refractivity contribution in [2.75, 3.05) is 24.6 Å². The summed E-state index contributed by atoms with van der Waals surface area (Å²) in [6.07, 6.45) is 2.56. The second-order valence-electron chi connectivity index (χ2n) is 5.28. The molecule has 1 unspecified atom stereocenters.